The lowest BCUT2D eigenvalue weighted by atomic mass is 9.93. The van der Waals surface area contributed by atoms with E-state index in [4.69, 9.17) is 4.74 Å². The van der Waals surface area contributed by atoms with Crippen molar-refractivity contribution in [3.05, 3.63) is 53.0 Å². The molecule has 12 heteroatoms. The molecule has 3 rings (SSSR count). The second-order valence-corrected chi connectivity index (χ2v) is 14.3. The van der Waals surface area contributed by atoms with Crippen LogP contribution in [0.3, 0.4) is 0 Å². The third kappa shape index (κ3) is 10.0. The fourth-order valence-electron chi connectivity index (χ4n) is 3.70. The van der Waals surface area contributed by atoms with E-state index in [9.17, 15) is 21.6 Å². The summed E-state index contributed by atoms with van der Waals surface area (Å²) in [6.07, 6.45) is 2.32. The zero-order valence-electron chi connectivity index (χ0n) is 21.8. The number of esters is 1. The molecule has 2 N–H and O–H groups in total. The van der Waals surface area contributed by atoms with Gasteiger partial charge in [-0.25, -0.2) is 26.3 Å². The van der Waals surface area contributed by atoms with Crippen LogP contribution in [0, 0.1) is 5.92 Å². The van der Waals surface area contributed by atoms with Crippen LogP contribution in [-0.4, -0.2) is 55.6 Å². The highest BCUT2D eigenvalue weighted by Gasteiger charge is 2.25. The fourth-order valence-corrected chi connectivity index (χ4v) is 5.42. The van der Waals surface area contributed by atoms with E-state index in [0.717, 1.165) is 36.1 Å². The summed E-state index contributed by atoms with van der Waals surface area (Å²) in [5.41, 5.74) is 0.568. The smallest absolute Gasteiger partial charge is 0.306 e. The first-order valence-electron chi connectivity index (χ1n) is 11.9. The summed E-state index contributed by atoms with van der Waals surface area (Å²) < 4.78 is 56.7. The molecule has 1 fully saturated rings. The number of nitrogens with zero attached hydrogens (tertiary/aromatic N) is 1. The summed E-state index contributed by atoms with van der Waals surface area (Å²) in [5, 5.41) is 0. The number of rotatable bonds is 7. The highest BCUT2D eigenvalue weighted by atomic mass is 79.9. The molecule has 0 amide bonds. The number of benzene rings is 2. The number of piperidine rings is 1. The first kappa shape index (κ1) is 31.2. The molecule has 0 bridgehead atoms. The minimum Gasteiger partial charge on any atom is -0.460 e. The Hall–Kier alpha value is -1.99. The van der Waals surface area contributed by atoms with Crippen molar-refractivity contribution in [1.29, 1.82) is 0 Å². The lowest BCUT2D eigenvalue weighted by Gasteiger charge is -2.33. The maximum atomic E-state index is 11.9. The van der Waals surface area contributed by atoms with Crippen LogP contribution in [0.4, 0.5) is 5.69 Å². The van der Waals surface area contributed by atoms with Crippen LogP contribution in [0.15, 0.2) is 62.8 Å². The van der Waals surface area contributed by atoms with Crippen LogP contribution in [0.25, 0.3) is 0 Å². The Morgan fingerprint density at radius 3 is 1.73 bits per heavy atom. The van der Waals surface area contributed by atoms with Crippen LogP contribution in [0.1, 0.15) is 40.0 Å². The van der Waals surface area contributed by atoms with Gasteiger partial charge in [-0.1, -0.05) is 15.9 Å². The summed E-state index contributed by atoms with van der Waals surface area (Å²) in [6.45, 7) is 7.35. The molecular weight excluding hydrogens is 582 g/mol. The van der Waals surface area contributed by atoms with Crippen LogP contribution in [-0.2, 0) is 29.6 Å². The lowest BCUT2D eigenvalue weighted by Crippen LogP contribution is -2.35. The molecule has 37 heavy (non-hydrogen) atoms. The van der Waals surface area contributed by atoms with Gasteiger partial charge in [-0.05, 0) is 102 Å². The van der Waals surface area contributed by atoms with Gasteiger partial charge in [0.25, 0.3) is 0 Å². The molecule has 1 heterocycles. The van der Waals surface area contributed by atoms with E-state index in [2.05, 4.69) is 30.3 Å². The molecule has 206 valence electrons. The Morgan fingerprint density at radius 2 is 1.32 bits per heavy atom. The first-order chi connectivity index (χ1) is 17.2. The Bertz CT molecular complexity index is 1230. The van der Waals surface area contributed by atoms with Gasteiger partial charge < -0.3 is 9.64 Å². The standard InChI is InChI=1S/C18H28N2O4S.C7H8BrNO2S/c1-18(2,3)24-17(21)13-14-9-11-20(12-10-14)15-5-7-16(8-6-15)25(22,23)19-4;1-9-12(10,11)7-4-2-6(8)3-5-7/h5-8,14,19H,9-13H2,1-4H3;2-5,9H,1H3. The van der Waals surface area contributed by atoms with Gasteiger partial charge in [0.1, 0.15) is 5.60 Å². The molecule has 1 saturated heterocycles. The summed E-state index contributed by atoms with van der Waals surface area (Å²) >= 11 is 3.22. The van der Waals surface area contributed by atoms with Crippen molar-refractivity contribution >= 4 is 47.6 Å². The molecule has 0 aromatic heterocycles. The molecule has 0 radical (unpaired) electrons. The van der Waals surface area contributed by atoms with E-state index in [1.807, 2.05) is 32.9 Å². The van der Waals surface area contributed by atoms with Gasteiger partial charge in [-0.2, -0.15) is 0 Å². The number of halogens is 1. The summed E-state index contributed by atoms with van der Waals surface area (Å²) in [4.78, 5) is 14.7. The fraction of sp³-hybridized carbons (Fsp3) is 0.480. The number of hydrogen-bond acceptors (Lipinski definition) is 7. The first-order valence-corrected chi connectivity index (χ1v) is 15.6. The normalized spacial score (nSPS) is 15.0. The van der Waals surface area contributed by atoms with Crippen LogP contribution in [0.5, 0.6) is 0 Å². The Morgan fingerprint density at radius 1 is 0.892 bits per heavy atom. The molecule has 0 unspecified atom stereocenters. The minimum absolute atomic E-state index is 0.132. The van der Waals surface area contributed by atoms with Crippen molar-refractivity contribution in [2.45, 2.75) is 55.4 Å². The predicted octanol–water partition coefficient (Wildman–Crippen LogP) is 3.90. The number of anilines is 1. The lowest BCUT2D eigenvalue weighted by molar-refractivity contribution is -0.156. The number of nitrogens with one attached hydrogen (secondary N) is 2. The number of carbonyl (C=O) groups is 1. The second kappa shape index (κ2) is 13.2. The molecule has 2 aromatic carbocycles. The molecule has 0 atom stereocenters. The Balaban J connectivity index is 0.000000335. The van der Waals surface area contributed by atoms with E-state index in [0.29, 0.717) is 12.3 Å². The molecule has 0 aliphatic carbocycles. The average Bonchev–Trinajstić information content (AvgIpc) is 2.84. The van der Waals surface area contributed by atoms with Gasteiger partial charge in [0.05, 0.1) is 9.79 Å². The molecule has 0 spiro atoms. The predicted molar refractivity (Wildman–Crippen MR) is 148 cm³/mol. The molecule has 1 aliphatic heterocycles. The SMILES string of the molecule is CNS(=O)(=O)c1ccc(Br)cc1.CNS(=O)(=O)c1ccc(N2CCC(CC(=O)OC(C)(C)C)CC2)cc1. The van der Waals surface area contributed by atoms with Crippen molar-refractivity contribution in [2.75, 3.05) is 32.1 Å². The van der Waals surface area contributed by atoms with Gasteiger partial charge in [-0.15, -0.1) is 0 Å². The van der Waals surface area contributed by atoms with Crippen molar-refractivity contribution in [2.24, 2.45) is 5.92 Å². The minimum atomic E-state index is -3.40. The maximum Gasteiger partial charge on any atom is 0.306 e. The summed E-state index contributed by atoms with van der Waals surface area (Å²) in [7, 11) is -3.90. The third-order valence-corrected chi connectivity index (χ3v) is 9.05. The van der Waals surface area contributed by atoms with Crippen LogP contribution >= 0.6 is 15.9 Å². The van der Waals surface area contributed by atoms with Crippen molar-refractivity contribution in [3.63, 3.8) is 0 Å². The van der Waals surface area contributed by atoms with Gasteiger partial charge in [0.2, 0.25) is 20.0 Å². The molecule has 2 aromatic rings. The zero-order chi connectivity index (χ0) is 27.9. The van der Waals surface area contributed by atoms with E-state index in [1.54, 1.807) is 24.3 Å². The number of carbonyl (C=O) groups excluding carboxylic acids is 1. The van der Waals surface area contributed by atoms with Crippen molar-refractivity contribution in [3.8, 4) is 0 Å². The Kier molecular flexibility index (Phi) is 11.1. The molecular formula is C25H36BrN3O6S2. The Labute approximate surface area is 229 Å². The maximum absolute atomic E-state index is 11.9. The van der Waals surface area contributed by atoms with Gasteiger partial charge in [-0.3, -0.25) is 4.79 Å². The number of ether oxygens (including phenoxy) is 1. The van der Waals surface area contributed by atoms with Gasteiger partial charge in [0.15, 0.2) is 0 Å². The van der Waals surface area contributed by atoms with E-state index >= 15 is 0 Å². The monoisotopic (exact) mass is 617 g/mol. The summed E-state index contributed by atoms with van der Waals surface area (Å²) in [5.74, 6) is 0.211. The second-order valence-electron chi connectivity index (χ2n) is 9.58. The van der Waals surface area contributed by atoms with Crippen LogP contribution in [0.2, 0.25) is 0 Å². The zero-order valence-corrected chi connectivity index (χ0v) is 25.0. The number of hydrogen-bond donors (Lipinski definition) is 2. The largest absolute Gasteiger partial charge is 0.460 e. The number of sulfonamides is 2. The highest BCUT2D eigenvalue weighted by Crippen LogP contribution is 2.27. The quantitative estimate of drug-likeness (QED) is 0.452. The van der Waals surface area contributed by atoms with E-state index in [1.165, 1.54) is 26.2 Å². The van der Waals surface area contributed by atoms with E-state index in [-0.39, 0.29) is 15.8 Å². The molecule has 1 aliphatic rings. The summed E-state index contributed by atoms with van der Waals surface area (Å²) in [6, 6.07) is 13.3. The highest BCUT2D eigenvalue weighted by molar-refractivity contribution is 9.10. The third-order valence-electron chi connectivity index (χ3n) is 5.66. The average molecular weight is 619 g/mol. The molecule has 9 nitrogen and oxygen atoms in total. The van der Waals surface area contributed by atoms with Crippen molar-refractivity contribution in [1.82, 2.24) is 9.44 Å². The topological polar surface area (TPSA) is 122 Å². The van der Waals surface area contributed by atoms with Crippen LogP contribution < -0.4 is 14.3 Å². The van der Waals surface area contributed by atoms with Crippen molar-refractivity contribution < 1.29 is 26.4 Å². The molecule has 0 saturated carbocycles. The van der Waals surface area contributed by atoms with Gasteiger partial charge in [0, 0.05) is 29.7 Å². The van der Waals surface area contributed by atoms with Gasteiger partial charge >= 0.3 is 5.97 Å². The van der Waals surface area contributed by atoms with E-state index < -0.39 is 25.6 Å².